The van der Waals surface area contributed by atoms with Crippen molar-refractivity contribution in [2.45, 2.75) is 16.0 Å². The molecule has 3 rings (SSSR count). The largest absolute Gasteiger partial charge is 0.497 e. The van der Waals surface area contributed by atoms with Gasteiger partial charge in [-0.15, -0.1) is 33.4 Å². The highest BCUT2D eigenvalue weighted by Crippen LogP contribution is 2.54. The second-order valence-corrected chi connectivity index (χ2v) is 7.46. The normalized spacial score (nSPS) is 19.0. The van der Waals surface area contributed by atoms with Gasteiger partial charge in [0.05, 0.1) is 14.2 Å². The Balaban J connectivity index is 1.73. The molecule has 1 aromatic heterocycles. The van der Waals surface area contributed by atoms with E-state index in [0.29, 0.717) is 22.6 Å². The first-order valence-corrected chi connectivity index (χ1v) is 8.33. The molecule has 8 heteroatoms. The summed E-state index contributed by atoms with van der Waals surface area (Å²) in [7, 11) is 3.18. The number of hydrogen-bond donors (Lipinski definition) is 0. The van der Waals surface area contributed by atoms with Crippen LogP contribution < -0.4 is 9.47 Å². The average molecular weight is 361 g/mol. The molecule has 0 N–H and O–H groups in total. The van der Waals surface area contributed by atoms with Gasteiger partial charge in [-0.3, -0.25) is 0 Å². The fraction of sp³-hybridized carbons (Fsp3) is 0.429. The molecule has 2 aromatic rings. The SMILES string of the molecule is COc1cc(OC)cc(-c2nnc(SCC3CC3(Cl)Cl)o2)c1. The molecule has 1 aliphatic rings. The third kappa shape index (κ3) is 3.45. The van der Waals surface area contributed by atoms with Crippen molar-refractivity contribution in [3.63, 3.8) is 0 Å². The Morgan fingerprint density at radius 3 is 2.41 bits per heavy atom. The van der Waals surface area contributed by atoms with Gasteiger partial charge in [0.2, 0.25) is 5.89 Å². The molecule has 1 aromatic carbocycles. The van der Waals surface area contributed by atoms with Gasteiger partial charge in [-0.1, -0.05) is 11.8 Å². The van der Waals surface area contributed by atoms with Crippen LogP contribution in [-0.2, 0) is 0 Å². The summed E-state index contributed by atoms with van der Waals surface area (Å²) in [5.74, 6) is 2.77. The van der Waals surface area contributed by atoms with E-state index in [1.54, 1.807) is 20.3 Å². The Morgan fingerprint density at radius 2 is 1.86 bits per heavy atom. The topological polar surface area (TPSA) is 57.4 Å². The molecule has 1 aliphatic carbocycles. The van der Waals surface area contributed by atoms with E-state index >= 15 is 0 Å². The smallest absolute Gasteiger partial charge is 0.276 e. The van der Waals surface area contributed by atoms with Crippen LogP contribution in [0.1, 0.15) is 6.42 Å². The zero-order valence-corrected chi connectivity index (χ0v) is 14.3. The predicted molar refractivity (Wildman–Crippen MR) is 86.1 cm³/mol. The maximum atomic E-state index is 6.00. The van der Waals surface area contributed by atoms with E-state index in [4.69, 9.17) is 37.1 Å². The Labute approximate surface area is 142 Å². The fourth-order valence-corrected chi connectivity index (χ4v) is 3.63. The molecule has 0 amide bonds. The first-order valence-electron chi connectivity index (χ1n) is 6.59. The summed E-state index contributed by atoms with van der Waals surface area (Å²) in [4.78, 5) is 0. The maximum absolute atomic E-state index is 6.00. The van der Waals surface area contributed by atoms with Crippen LogP contribution in [0.4, 0.5) is 0 Å². The van der Waals surface area contributed by atoms with Gasteiger partial charge in [0, 0.05) is 23.3 Å². The monoisotopic (exact) mass is 360 g/mol. The van der Waals surface area contributed by atoms with Crippen LogP contribution in [0.2, 0.25) is 0 Å². The third-order valence-electron chi connectivity index (χ3n) is 3.37. The van der Waals surface area contributed by atoms with E-state index in [1.165, 1.54) is 11.8 Å². The molecular weight excluding hydrogens is 347 g/mol. The molecule has 0 aliphatic heterocycles. The summed E-state index contributed by atoms with van der Waals surface area (Å²) in [6.07, 6.45) is 0.803. The lowest BCUT2D eigenvalue weighted by atomic mass is 10.2. The lowest BCUT2D eigenvalue weighted by Gasteiger charge is -2.05. The minimum absolute atomic E-state index is 0.271. The number of methoxy groups -OCH3 is 2. The van der Waals surface area contributed by atoms with Crippen LogP contribution in [0.15, 0.2) is 27.8 Å². The number of alkyl halides is 2. The summed E-state index contributed by atoms with van der Waals surface area (Å²) < 4.78 is 15.5. The van der Waals surface area contributed by atoms with Crippen molar-refractivity contribution in [3.05, 3.63) is 18.2 Å². The van der Waals surface area contributed by atoms with Gasteiger partial charge < -0.3 is 13.9 Å². The number of ether oxygens (including phenoxy) is 2. The molecule has 5 nitrogen and oxygen atoms in total. The summed E-state index contributed by atoms with van der Waals surface area (Å²) >= 11 is 13.5. The van der Waals surface area contributed by atoms with Crippen LogP contribution >= 0.6 is 35.0 Å². The summed E-state index contributed by atoms with van der Waals surface area (Å²) in [5.41, 5.74) is 0.742. The van der Waals surface area contributed by atoms with Crippen molar-refractivity contribution in [1.82, 2.24) is 10.2 Å². The quantitative estimate of drug-likeness (QED) is 0.572. The molecule has 1 atom stereocenters. The van der Waals surface area contributed by atoms with Gasteiger partial charge in [-0.05, 0) is 18.6 Å². The van der Waals surface area contributed by atoms with Gasteiger partial charge in [-0.2, -0.15) is 0 Å². The van der Waals surface area contributed by atoms with Crippen LogP contribution in [0.3, 0.4) is 0 Å². The van der Waals surface area contributed by atoms with Crippen LogP contribution in [-0.4, -0.2) is 34.5 Å². The second-order valence-electron chi connectivity index (χ2n) is 4.95. The van der Waals surface area contributed by atoms with Crippen molar-refractivity contribution < 1.29 is 13.9 Å². The minimum atomic E-state index is -0.587. The molecule has 118 valence electrons. The molecule has 0 spiro atoms. The van der Waals surface area contributed by atoms with Crippen LogP contribution in [0.5, 0.6) is 11.5 Å². The summed E-state index contributed by atoms with van der Waals surface area (Å²) in [6, 6.07) is 5.41. The number of aromatic nitrogens is 2. The van der Waals surface area contributed by atoms with Gasteiger partial charge in [0.15, 0.2) is 0 Å². The van der Waals surface area contributed by atoms with E-state index in [9.17, 15) is 0 Å². The summed E-state index contributed by atoms with van der Waals surface area (Å²) in [5, 5.41) is 8.58. The van der Waals surface area contributed by atoms with E-state index in [0.717, 1.165) is 17.7 Å². The zero-order valence-electron chi connectivity index (χ0n) is 12.0. The van der Waals surface area contributed by atoms with E-state index in [1.807, 2.05) is 12.1 Å². The predicted octanol–water partition coefficient (Wildman–Crippen LogP) is 4.04. The second kappa shape index (κ2) is 6.18. The molecule has 1 unspecified atom stereocenters. The van der Waals surface area contributed by atoms with Crippen molar-refractivity contribution in [2.24, 2.45) is 5.92 Å². The van der Waals surface area contributed by atoms with Crippen LogP contribution in [0.25, 0.3) is 11.5 Å². The first-order chi connectivity index (χ1) is 10.5. The summed E-state index contributed by atoms with van der Waals surface area (Å²) in [6.45, 7) is 0. The Hall–Kier alpha value is -1.11. The molecule has 0 bridgehead atoms. The Bertz CT molecular complexity index is 656. The van der Waals surface area contributed by atoms with Crippen molar-refractivity contribution in [3.8, 4) is 23.0 Å². The Kier molecular flexibility index (Phi) is 4.43. The highest BCUT2D eigenvalue weighted by Gasteiger charge is 2.51. The molecule has 1 heterocycles. The zero-order chi connectivity index (χ0) is 15.7. The van der Waals surface area contributed by atoms with Crippen molar-refractivity contribution >= 4 is 35.0 Å². The number of halogens is 2. The number of benzene rings is 1. The standard InChI is InChI=1S/C14H14Cl2N2O3S/c1-19-10-3-8(4-11(5-10)20-2)12-17-18-13(21-12)22-7-9-6-14(9,15)16/h3-5,9H,6-7H2,1-2H3. The van der Waals surface area contributed by atoms with Gasteiger partial charge in [0.25, 0.3) is 5.22 Å². The number of hydrogen-bond acceptors (Lipinski definition) is 6. The molecule has 0 radical (unpaired) electrons. The highest BCUT2D eigenvalue weighted by atomic mass is 35.5. The number of nitrogens with zero attached hydrogens (tertiary/aromatic N) is 2. The minimum Gasteiger partial charge on any atom is -0.497 e. The highest BCUT2D eigenvalue weighted by molar-refractivity contribution is 7.99. The van der Waals surface area contributed by atoms with Crippen molar-refractivity contribution in [1.29, 1.82) is 0 Å². The van der Waals surface area contributed by atoms with E-state index in [2.05, 4.69) is 10.2 Å². The average Bonchev–Trinajstić information content (AvgIpc) is 2.92. The van der Waals surface area contributed by atoms with Gasteiger partial charge in [-0.25, -0.2) is 0 Å². The fourth-order valence-electron chi connectivity index (χ4n) is 1.94. The van der Waals surface area contributed by atoms with Crippen molar-refractivity contribution in [2.75, 3.05) is 20.0 Å². The number of thioether (sulfide) groups is 1. The molecular formula is C14H14Cl2N2O3S. The molecule has 1 fully saturated rings. The van der Waals surface area contributed by atoms with E-state index < -0.39 is 4.33 Å². The molecule has 1 saturated carbocycles. The van der Waals surface area contributed by atoms with Crippen LogP contribution in [0, 0.1) is 5.92 Å². The lowest BCUT2D eigenvalue weighted by molar-refractivity contribution is 0.394. The van der Waals surface area contributed by atoms with Gasteiger partial charge in [0.1, 0.15) is 15.8 Å². The third-order valence-corrected chi connectivity index (χ3v) is 5.28. The van der Waals surface area contributed by atoms with Gasteiger partial charge >= 0.3 is 0 Å². The lowest BCUT2D eigenvalue weighted by Crippen LogP contribution is -1.92. The van der Waals surface area contributed by atoms with E-state index in [-0.39, 0.29) is 5.92 Å². The number of rotatable bonds is 6. The molecule has 22 heavy (non-hydrogen) atoms. The Morgan fingerprint density at radius 1 is 1.23 bits per heavy atom. The molecule has 0 saturated heterocycles. The first kappa shape index (κ1) is 15.8. The maximum Gasteiger partial charge on any atom is 0.276 e.